The lowest BCUT2D eigenvalue weighted by Gasteiger charge is -2.31. The minimum Gasteiger partial charge on any atom is -0.506 e. The first kappa shape index (κ1) is 17.8. The first-order chi connectivity index (χ1) is 9.44. The Morgan fingerprint density at radius 3 is 2.33 bits per heavy atom. The fourth-order valence-electron chi connectivity index (χ4n) is 1.89. The van der Waals surface area contributed by atoms with Crippen molar-refractivity contribution in [1.82, 2.24) is 0 Å². The first-order valence-corrected chi connectivity index (χ1v) is 6.66. The smallest absolute Gasteiger partial charge is 0.416 e. The van der Waals surface area contributed by atoms with Crippen LogP contribution in [0.1, 0.15) is 31.0 Å². The molecular formula is C13H15BrF3NO3. The molecular weight excluding hydrogens is 355 g/mol. The number of benzene rings is 1. The van der Waals surface area contributed by atoms with Gasteiger partial charge in [-0.25, -0.2) is 0 Å². The summed E-state index contributed by atoms with van der Waals surface area (Å²) in [7, 11) is 1.11. The molecule has 0 amide bonds. The molecule has 0 fully saturated rings. The van der Waals surface area contributed by atoms with Crippen LogP contribution < -0.4 is 5.73 Å². The van der Waals surface area contributed by atoms with Gasteiger partial charge < -0.3 is 15.6 Å². The van der Waals surface area contributed by atoms with Gasteiger partial charge in [-0.05, 0) is 41.9 Å². The van der Waals surface area contributed by atoms with Crippen molar-refractivity contribution in [2.24, 2.45) is 11.1 Å². The third-order valence-corrected chi connectivity index (χ3v) is 3.91. The average molecular weight is 370 g/mol. The molecule has 4 nitrogen and oxygen atoms in total. The van der Waals surface area contributed by atoms with Gasteiger partial charge in [0.1, 0.15) is 5.75 Å². The number of carbonyl (C=O) groups is 1. The molecule has 3 N–H and O–H groups in total. The molecule has 1 aromatic carbocycles. The number of hydrogen-bond acceptors (Lipinski definition) is 4. The van der Waals surface area contributed by atoms with Gasteiger partial charge in [0.25, 0.3) is 0 Å². The number of phenols is 1. The molecule has 0 unspecified atom stereocenters. The highest BCUT2D eigenvalue weighted by molar-refractivity contribution is 9.10. The normalized spacial score (nSPS) is 13.9. The van der Waals surface area contributed by atoms with Crippen LogP contribution in [0.25, 0.3) is 0 Å². The number of hydrogen-bond donors (Lipinski definition) is 2. The molecule has 0 saturated carbocycles. The van der Waals surface area contributed by atoms with E-state index in [0.29, 0.717) is 0 Å². The summed E-state index contributed by atoms with van der Waals surface area (Å²) in [4.78, 5) is 11.7. The molecule has 0 radical (unpaired) electrons. The maximum Gasteiger partial charge on any atom is 0.416 e. The van der Waals surface area contributed by atoms with E-state index in [4.69, 9.17) is 5.73 Å². The van der Waals surface area contributed by atoms with Gasteiger partial charge in [-0.15, -0.1) is 0 Å². The van der Waals surface area contributed by atoms with Crippen LogP contribution >= 0.6 is 15.9 Å². The van der Waals surface area contributed by atoms with Gasteiger partial charge >= 0.3 is 12.1 Å². The number of rotatable bonds is 3. The third kappa shape index (κ3) is 3.32. The van der Waals surface area contributed by atoms with Crippen LogP contribution in [0.3, 0.4) is 0 Å². The predicted molar refractivity (Wildman–Crippen MR) is 73.5 cm³/mol. The number of methoxy groups -OCH3 is 1. The number of ether oxygens (including phenoxy) is 1. The van der Waals surface area contributed by atoms with E-state index in [2.05, 4.69) is 20.7 Å². The highest BCUT2D eigenvalue weighted by atomic mass is 79.9. The molecule has 0 aliphatic carbocycles. The van der Waals surface area contributed by atoms with E-state index in [-0.39, 0.29) is 4.47 Å². The second-order valence-electron chi connectivity index (χ2n) is 5.05. The summed E-state index contributed by atoms with van der Waals surface area (Å²) in [5.41, 5.74) is 2.74. The van der Waals surface area contributed by atoms with Crippen molar-refractivity contribution in [3.05, 3.63) is 27.7 Å². The molecule has 118 valence electrons. The predicted octanol–water partition coefficient (Wildman–Crippen LogP) is 3.37. The molecule has 0 heterocycles. The Labute approximate surface area is 128 Å². The van der Waals surface area contributed by atoms with E-state index in [1.807, 2.05) is 0 Å². The summed E-state index contributed by atoms with van der Waals surface area (Å²) in [5, 5.41) is 9.95. The lowest BCUT2D eigenvalue weighted by Crippen LogP contribution is -2.38. The van der Waals surface area contributed by atoms with Crippen molar-refractivity contribution in [3.8, 4) is 5.75 Å². The number of carbonyl (C=O) groups excluding carboxylic acids is 1. The van der Waals surface area contributed by atoms with E-state index in [1.165, 1.54) is 13.8 Å². The number of esters is 1. The first-order valence-electron chi connectivity index (χ1n) is 5.87. The van der Waals surface area contributed by atoms with Gasteiger partial charge in [0, 0.05) is 11.6 Å². The highest BCUT2D eigenvalue weighted by Crippen LogP contribution is 2.46. The number of aromatic hydroxyl groups is 1. The van der Waals surface area contributed by atoms with E-state index in [1.54, 1.807) is 0 Å². The molecule has 0 aliphatic rings. The van der Waals surface area contributed by atoms with Crippen LogP contribution in [-0.4, -0.2) is 18.2 Å². The molecule has 1 atom stereocenters. The Balaban J connectivity index is 3.55. The summed E-state index contributed by atoms with van der Waals surface area (Å²) < 4.78 is 43.9. The molecule has 0 bridgehead atoms. The van der Waals surface area contributed by atoms with Gasteiger partial charge in [-0.1, -0.05) is 0 Å². The van der Waals surface area contributed by atoms with Crippen LogP contribution in [0, 0.1) is 5.41 Å². The van der Waals surface area contributed by atoms with Crippen molar-refractivity contribution < 1.29 is 27.8 Å². The van der Waals surface area contributed by atoms with Crippen molar-refractivity contribution >= 4 is 21.9 Å². The van der Waals surface area contributed by atoms with Crippen LogP contribution in [0.15, 0.2) is 16.6 Å². The van der Waals surface area contributed by atoms with E-state index >= 15 is 0 Å². The Morgan fingerprint density at radius 2 is 1.90 bits per heavy atom. The summed E-state index contributed by atoms with van der Waals surface area (Å²) in [6, 6.07) is 0.463. The molecule has 8 heteroatoms. The fraction of sp³-hybridized carbons (Fsp3) is 0.462. The van der Waals surface area contributed by atoms with Gasteiger partial charge in [0.15, 0.2) is 0 Å². The second kappa shape index (κ2) is 5.84. The maximum absolute atomic E-state index is 13.1. The topological polar surface area (TPSA) is 72.5 Å². The Bertz CT molecular complexity index is 558. The number of halogens is 4. The lowest BCUT2D eigenvalue weighted by molar-refractivity contribution is -0.153. The Kier molecular flexibility index (Phi) is 4.94. The molecule has 21 heavy (non-hydrogen) atoms. The van der Waals surface area contributed by atoms with Crippen molar-refractivity contribution in [1.29, 1.82) is 0 Å². The van der Waals surface area contributed by atoms with Crippen molar-refractivity contribution in [3.63, 3.8) is 0 Å². The van der Waals surface area contributed by atoms with Crippen molar-refractivity contribution in [2.45, 2.75) is 26.1 Å². The largest absolute Gasteiger partial charge is 0.506 e. The monoisotopic (exact) mass is 369 g/mol. The number of alkyl halides is 3. The summed E-state index contributed by atoms with van der Waals surface area (Å²) in [6.07, 6.45) is -4.71. The van der Waals surface area contributed by atoms with Crippen LogP contribution in [0.4, 0.5) is 13.2 Å². The molecule has 0 saturated heterocycles. The highest BCUT2D eigenvalue weighted by Gasteiger charge is 2.44. The minimum atomic E-state index is -4.71. The van der Waals surface area contributed by atoms with Gasteiger partial charge in [-0.3, -0.25) is 4.79 Å². The lowest BCUT2D eigenvalue weighted by atomic mass is 9.79. The number of phenolic OH excluding ortho intramolecular Hbond substituents is 1. The number of nitrogens with two attached hydrogens (primary N) is 1. The fourth-order valence-corrected chi connectivity index (χ4v) is 2.24. The SMILES string of the molecule is COC(=O)C(C)(C)[C@@H](N)c1c(C(F)(F)F)ccc(Br)c1O. The summed E-state index contributed by atoms with van der Waals surface area (Å²) >= 11 is 2.95. The minimum absolute atomic E-state index is 0.0571. The second-order valence-corrected chi connectivity index (χ2v) is 5.90. The molecule has 0 aliphatic heterocycles. The third-order valence-electron chi connectivity index (χ3n) is 3.27. The van der Waals surface area contributed by atoms with E-state index < -0.39 is 40.5 Å². The molecule has 0 spiro atoms. The van der Waals surface area contributed by atoms with Crippen LogP contribution in [0.5, 0.6) is 5.75 Å². The molecule has 0 aromatic heterocycles. The average Bonchev–Trinajstić information content (AvgIpc) is 2.38. The zero-order valence-corrected chi connectivity index (χ0v) is 13.2. The van der Waals surface area contributed by atoms with Gasteiger partial charge in [0.05, 0.1) is 22.6 Å². The zero-order chi connectivity index (χ0) is 16.6. The maximum atomic E-state index is 13.1. The molecule has 1 aromatic rings. The van der Waals surface area contributed by atoms with Crippen LogP contribution in [-0.2, 0) is 15.7 Å². The summed E-state index contributed by atoms with van der Waals surface area (Å²) in [6.45, 7) is 2.70. The zero-order valence-electron chi connectivity index (χ0n) is 11.6. The van der Waals surface area contributed by atoms with Gasteiger partial charge in [-0.2, -0.15) is 13.2 Å². The quantitative estimate of drug-likeness (QED) is 0.801. The van der Waals surface area contributed by atoms with Crippen molar-refractivity contribution in [2.75, 3.05) is 7.11 Å². The standard InChI is InChI=1S/C13H15BrF3NO3/c1-12(2,11(20)21-3)10(18)8-6(13(15,16)17)4-5-7(14)9(8)19/h4-5,10,19H,18H2,1-3H3/t10-/m0/s1. The van der Waals surface area contributed by atoms with Crippen LogP contribution in [0.2, 0.25) is 0 Å². The Morgan fingerprint density at radius 1 is 1.38 bits per heavy atom. The van der Waals surface area contributed by atoms with E-state index in [0.717, 1.165) is 19.2 Å². The Hall–Kier alpha value is -1.28. The summed E-state index contributed by atoms with van der Waals surface area (Å²) in [5.74, 6) is -1.42. The van der Waals surface area contributed by atoms with Gasteiger partial charge in [0.2, 0.25) is 0 Å². The molecule has 1 rings (SSSR count). The van der Waals surface area contributed by atoms with E-state index in [9.17, 15) is 23.1 Å².